The van der Waals surface area contributed by atoms with Gasteiger partial charge in [0.2, 0.25) is 0 Å². The van der Waals surface area contributed by atoms with Crippen molar-refractivity contribution in [3.8, 4) is 0 Å². The van der Waals surface area contributed by atoms with Crippen LogP contribution in [0.4, 0.5) is 11.4 Å². The summed E-state index contributed by atoms with van der Waals surface area (Å²) in [5.41, 5.74) is -0.491. The second-order valence-electron chi connectivity index (χ2n) is 7.57. The number of hydrogen-bond acceptors (Lipinski definition) is 6. The van der Waals surface area contributed by atoms with Crippen LogP contribution >= 0.6 is 0 Å². The Bertz CT molecular complexity index is 802. The Balaban J connectivity index is 1.99. The molecule has 0 N–H and O–H groups in total. The van der Waals surface area contributed by atoms with Gasteiger partial charge < -0.3 is 9.31 Å². The maximum absolute atomic E-state index is 12.6. The third-order valence-electron chi connectivity index (χ3n) is 5.16. The lowest BCUT2D eigenvalue weighted by Crippen LogP contribution is -2.41. The molecule has 1 aromatic carbocycles. The normalized spacial score (nSPS) is 23.6. The average Bonchev–Trinajstić information content (AvgIpc) is 3.00. The molecule has 0 amide bonds. The van der Waals surface area contributed by atoms with Gasteiger partial charge in [-0.25, -0.2) is 4.21 Å². The zero-order chi connectivity index (χ0) is 18.5. The molecule has 2 aliphatic heterocycles. The minimum absolute atomic E-state index is 0.164. The van der Waals surface area contributed by atoms with Crippen LogP contribution in [0.5, 0.6) is 0 Å². The summed E-state index contributed by atoms with van der Waals surface area (Å²) in [5, 5.41) is 11.5. The molecule has 2 fully saturated rings. The van der Waals surface area contributed by atoms with Gasteiger partial charge in [-0.05, 0) is 52.1 Å². The van der Waals surface area contributed by atoms with E-state index in [1.54, 1.807) is 12.1 Å². The smallest absolute Gasteiger partial charge is 0.399 e. The molecule has 2 heterocycles. The second-order valence-corrected chi connectivity index (χ2v) is 10.1. The summed E-state index contributed by atoms with van der Waals surface area (Å²) in [6, 6.07) is 4.66. The fourth-order valence-corrected chi connectivity index (χ4v) is 5.13. The summed E-state index contributed by atoms with van der Waals surface area (Å²) >= 11 is 0. The molecule has 3 rings (SSSR count). The number of hydrogen-bond donors (Lipinski definition) is 0. The van der Waals surface area contributed by atoms with Crippen molar-refractivity contribution in [1.29, 1.82) is 0 Å². The van der Waals surface area contributed by atoms with Crippen LogP contribution in [0.3, 0.4) is 0 Å². The number of nitrogens with zero attached hydrogens (tertiary/aromatic N) is 2. The van der Waals surface area contributed by atoms with Gasteiger partial charge in [0.15, 0.2) is 5.69 Å². The van der Waals surface area contributed by atoms with Crippen LogP contribution in [0, 0.1) is 10.1 Å². The van der Waals surface area contributed by atoms with E-state index in [9.17, 15) is 14.3 Å². The summed E-state index contributed by atoms with van der Waals surface area (Å²) in [5.74, 6) is 1.01. The van der Waals surface area contributed by atoms with Gasteiger partial charge in [-0.3, -0.25) is 10.1 Å². The number of benzene rings is 1. The van der Waals surface area contributed by atoms with Crippen molar-refractivity contribution in [2.75, 3.05) is 11.5 Å². The highest BCUT2D eigenvalue weighted by Crippen LogP contribution is 2.37. The fraction of sp³-hybridized carbons (Fsp3) is 0.625. The van der Waals surface area contributed by atoms with Crippen molar-refractivity contribution in [3.05, 3.63) is 28.3 Å². The van der Waals surface area contributed by atoms with E-state index in [2.05, 4.69) is 4.36 Å². The van der Waals surface area contributed by atoms with Gasteiger partial charge in [-0.15, -0.1) is 0 Å². The van der Waals surface area contributed by atoms with Crippen LogP contribution in [0.25, 0.3) is 0 Å². The van der Waals surface area contributed by atoms with Gasteiger partial charge in [0.05, 0.1) is 25.9 Å². The lowest BCUT2D eigenvalue weighted by molar-refractivity contribution is -0.384. The quantitative estimate of drug-likeness (QED) is 0.466. The molecule has 0 bridgehead atoms. The van der Waals surface area contributed by atoms with Crippen LogP contribution < -0.4 is 5.46 Å². The minimum atomic E-state index is -2.37. The molecule has 0 aliphatic carbocycles. The first-order chi connectivity index (χ1) is 11.5. The van der Waals surface area contributed by atoms with Gasteiger partial charge >= 0.3 is 7.12 Å². The molecular weight excluding hydrogens is 343 g/mol. The summed E-state index contributed by atoms with van der Waals surface area (Å²) in [6.07, 6.45) is 1.70. The Hall–Kier alpha value is -1.45. The summed E-state index contributed by atoms with van der Waals surface area (Å²) < 4.78 is 28.7. The minimum Gasteiger partial charge on any atom is -0.399 e. The number of rotatable bonds is 3. The molecule has 0 radical (unpaired) electrons. The second kappa shape index (κ2) is 6.07. The molecule has 0 atom stereocenters. The Morgan fingerprint density at radius 2 is 1.72 bits per heavy atom. The van der Waals surface area contributed by atoms with E-state index >= 15 is 0 Å². The lowest BCUT2D eigenvalue weighted by atomic mass is 9.79. The molecule has 0 spiro atoms. The Kier molecular flexibility index (Phi) is 4.45. The van der Waals surface area contributed by atoms with Gasteiger partial charge in [0.1, 0.15) is 0 Å². The molecule has 2 saturated heterocycles. The summed E-state index contributed by atoms with van der Waals surface area (Å²) in [6.45, 7) is 7.71. The molecule has 0 saturated carbocycles. The molecule has 9 heteroatoms. The predicted molar refractivity (Wildman–Crippen MR) is 98.0 cm³/mol. The van der Waals surface area contributed by atoms with E-state index in [1.165, 1.54) is 6.07 Å². The van der Waals surface area contributed by atoms with Gasteiger partial charge in [0, 0.05) is 17.6 Å². The number of nitro groups is 1. The Labute approximate surface area is 148 Å². The molecule has 7 nitrogen and oxygen atoms in total. The molecule has 1 aromatic rings. The van der Waals surface area contributed by atoms with E-state index in [4.69, 9.17) is 9.31 Å². The third kappa shape index (κ3) is 3.45. The van der Waals surface area contributed by atoms with Crippen molar-refractivity contribution >= 4 is 33.7 Å². The van der Waals surface area contributed by atoms with Crippen molar-refractivity contribution in [2.45, 2.75) is 51.7 Å². The maximum Gasteiger partial charge on any atom is 0.495 e. The predicted octanol–water partition coefficient (Wildman–Crippen LogP) is 2.79. The van der Waals surface area contributed by atoms with E-state index in [-0.39, 0.29) is 11.4 Å². The molecule has 2 aliphatic rings. The first kappa shape index (κ1) is 18.3. The van der Waals surface area contributed by atoms with Crippen LogP contribution in [0.2, 0.25) is 0 Å². The highest BCUT2D eigenvalue weighted by atomic mass is 32.2. The monoisotopic (exact) mass is 366 g/mol. The van der Waals surface area contributed by atoms with Crippen LogP contribution in [0.1, 0.15) is 40.5 Å². The summed E-state index contributed by atoms with van der Waals surface area (Å²) in [4.78, 5) is 11.0. The van der Waals surface area contributed by atoms with Gasteiger partial charge in [0.25, 0.3) is 5.69 Å². The Morgan fingerprint density at radius 3 is 2.24 bits per heavy atom. The molecule has 0 unspecified atom stereocenters. The van der Waals surface area contributed by atoms with E-state index < -0.39 is 33.0 Å². The SMILES string of the molecule is CC1(C)OB(c2ccc(N=S3(=O)CCCC3)c([N+](=O)[O-])c2)OC1(C)C. The highest BCUT2D eigenvalue weighted by Gasteiger charge is 2.52. The first-order valence-corrected chi connectivity index (χ1v) is 10.2. The van der Waals surface area contributed by atoms with Gasteiger partial charge in [-0.1, -0.05) is 6.07 Å². The zero-order valence-electron chi connectivity index (χ0n) is 15.0. The third-order valence-corrected chi connectivity index (χ3v) is 7.55. The molecule has 0 aromatic heterocycles. The van der Waals surface area contributed by atoms with Crippen molar-refractivity contribution in [1.82, 2.24) is 0 Å². The summed E-state index contributed by atoms with van der Waals surface area (Å²) in [7, 11) is -3.06. The largest absolute Gasteiger partial charge is 0.495 e. The van der Waals surface area contributed by atoms with Crippen LogP contribution in [0.15, 0.2) is 22.6 Å². The topological polar surface area (TPSA) is 91.0 Å². The van der Waals surface area contributed by atoms with Crippen LogP contribution in [-0.4, -0.2) is 39.0 Å². The zero-order valence-corrected chi connectivity index (χ0v) is 15.8. The van der Waals surface area contributed by atoms with Crippen molar-refractivity contribution < 1.29 is 18.4 Å². The highest BCUT2D eigenvalue weighted by molar-refractivity contribution is 7.93. The lowest BCUT2D eigenvalue weighted by Gasteiger charge is -2.32. The molecular formula is C16H23BN2O5S. The van der Waals surface area contributed by atoms with Crippen LogP contribution in [-0.2, 0) is 19.0 Å². The van der Waals surface area contributed by atoms with E-state index in [0.29, 0.717) is 17.0 Å². The standard InChI is InChI=1S/C16H23BN2O5S/c1-15(2)16(3,4)24-17(23-15)12-7-8-13(14(11-12)19(20)21)18-25(22)9-5-6-10-25/h7-8,11H,5-6,9-10H2,1-4H3. The van der Waals surface area contributed by atoms with Crippen molar-refractivity contribution in [3.63, 3.8) is 0 Å². The fourth-order valence-electron chi connectivity index (χ4n) is 2.92. The van der Waals surface area contributed by atoms with E-state index in [1.807, 2.05) is 27.7 Å². The van der Waals surface area contributed by atoms with Gasteiger partial charge in [-0.2, -0.15) is 4.36 Å². The molecule has 136 valence electrons. The average molecular weight is 366 g/mol. The Morgan fingerprint density at radius 1 is 1.16 bits per heavy atom. The maximum atomic E-state index is 12.6. The first-order valence-electron chi connectivity index (χ1n) is 8.40. The number of nitro benzene ring substituents is 1. The molecule has 25 heavy (non-hydrogen) atoms. The van der Waals surface area contributed by atoms with E-state index in [0.717, 1.165) is 12.8 Å². The van der Waals surface area contributed by atoms with Crippen molar-refractivity contribution in [2.24, 2.45) is 4.36 Å².